The fourth-order valence-electron chi connectivity index (χ4n) is 3.54. The van der Waals surface area contributed by atoms with E-state index in [1.807, 2.05) is 11.3 Å². The normalized spacial score (nSPS) is 18.8. The second kappa shape index (κ2) is 7.77. The first-order chi connectivity index (χ1) is 11.9. The summed E-state index contributed by atoms with van der Waals surface area (Å²) in [4.78, 5) is 8.51. The van der Waals surface area contributed by atoms with Gasteiger partial charge in [-0.1, -0.05) is 30.7 Å². The molecule has 0 bridgehead atoms. The summed E-state index contributed by atoms with van der Waals surface area (Å²) in [7, 11) is 0. The van der Waals surface area contributed by atoms with E-state index >= 15 is 0 Å². The number of nitrogens with zero attached hydrogens (tertiary/aromatic N) is 2. The van der Waals surface area contributed by atoms with E-state index < -0.39 is 0 Å². The molecule has 0 amide bonds. The van der Waals surface area contributed by atoms with Crippen LogP contribution in [0, 0.1) is 0 Å². The zero-order valence-electron chi connectivity index (χ0n) is 14.3. The van der Waals surface area contributed by atoms with Crippen LogP contribution in [0.5, 0.6) is 0 Å². The molecule has 128 valence electrons. The van der Waals surface area contributed by atoms with E-state index in [-0.39, 0.29) is 0 Å². The van der Waals surface area contributed by atoms with E-state index in [0.29, 0.717) is 0 Å². The maximum absolute atomic E-state index is 4.60. The molecule has 1 aliphatic carbocycles. The largest absolute Gasteiger partial charge is 0.308 e. The molecule has 1 aromatic heterocycles. The Morgan fingerprint density at radius 2 is 1.75 bits per heavy atom. The minimum Gasteiger partial charge on any atom is -0.308 e. The molecule has 1 aromatic carbocycles. The van der Waals surface area contributed by atoms with Gasteiger partial charge in [0.1, 0.15) is 0 Å². The van der Waals surface area contributed by atoms with Crippen molar-refractivity contribution in [3.05, 3.63) is 51.5 Å². The van der Waals surface area contributed by atoms with Gasteiger partial charge in [-0.05, 0) is 49.9 Å². The monoisotopic (exact) mass is 341 g/mol. The van der Waals surface area contributed by atoms with Gasteiger partial charge < -0.3 is 5.32 Å². The fraction of sp³-hybridized carbons (Fsp3) is 0.550. The summed E-state index contributed by atoms with van der Waals surface area (Å²) in [5.74, 6) is 0.756. The van der Waals surface area contributed by atoms with Gasteiger partial charge in [0.25, 0.3) is 0 Å². The van der Waals surface area contributed by atoms with Crippen LogP contribution in [0.4, 0.5) is 0 Å². The van der Waals surface area contributed by atoms with E-state index in [1.165, 1.54) is 66.2 Å². The first-order valence-corrected chi connectivity index (χ1v) is 10.1. The van der Waals surface area contributed by atoms with Crippen molar-refractivity contribution < 1.29 is 0 Å². The van der Waals surface area contributed by atoms with Gasteiger partial charge in [-0.15, -0.1) is 11.3 Å². The van der Waals surface area contributed by atoms with Crippen LogP contribution >= 0.6 is 11.3 Å². The molecule has 2 heterocycles. The lowest BCUT2D eigenvalue weighted by atomic mass is 9.86. The number of rotatable bonds is 7. The van der Waals surface area contributed by atoms with Crippen LogP contribution in [-0.4, -0.2) is 23.0 Å². The number of likely N-dealkylation sites (tertiary alicyclic amines) is 1. The van der Waals surface area contributed by atoms with Gasteiger partial charge in [0, 0.05) is 36.6 Å². The number of aromatic nitrogens is 1. The summed E-state index contributed by atoms with van der Waals surface area (Å²) in [6, 6.07) is 9.11. The van der Waals surface area contributed by atoms with Crippen LogP contribution in [0.1, 0.15) is 59.0 Å². The maximum Gasteiger partial charge on any atom is 0.0959 e. The third-order valence-electron chi connectivity index (χ3n) is 5.28. The molecule has 2 fully saturated rings. The zero-order valence-corrected chi connectivity index (χ0v) is 15.2. The van der Waals surface area contributed by atoms with Crippen molar-refractivity contribution in [2.75, 3.05) is 13.1 Å². The van der Waals surface area contributed by atoms with Crippen molar-refractivity contribution in [1.29, 1.82) is 0 Å². The Morgan fingerprint density at radius 1 is 1.00 bits per heavy atom. The van der Waals surface area contributed by atoms with E-state index in [4.69, 9.17) is 0 Å². The third kappa shape index (κ3) is 4.05. The second-order valence-electron chi connectivity index (χ2n) is 7.20. The van der Waals surface area contributed by atoms with Crippen molar-refractivity contribution in [2.45, 2.75) is 57.7 Å². The molecular weight excluding hydrogens is 314 g/mol. The Hall–Kier alpha value is -1.23. The van der Waals surface area contributed by atoms with Crippen LogP contribution in [0.25, 0.3) is 0 Å². The summed E-state index contributed by atoms with van der Waals surface area (Å²) in [6.07, 6.45) is 8.84. The molecule has 4 rings (SSSR count). The average molecular weight is 342 g/mol. The summed E-state index contributed by atoms with van der Waals surface area (Å²) < 4.78 is 0. The van der Waals surface area contributed by atoms with Crippen molar-refractivity contribution in [3.63, 3.8) is 0 Å². The summed E-state index contributed by atoms with van der Waals surface area (Å²) in [5, 5.41) is 4.91. The molecule has 0 unspecified atom stereocenters. The molecule has 0 spiro atoms. The maximum atomic E-state index is 4.60. The SMILES string of the molecule is c1cc(CN2CCCC2)ccc1CNCc1cnc(C2CCC2)s1. The molecule has 3 nitrogen and oxygen atoms in total. The quantitative estimate of drug-likeness (QED) is 0.814. The number of nitrogens with one attached hydrogen (secondary N) is 1. The lowest BCUT2D eigenvalue weighted by Crippen LogP contribution is -2.18. The minimum atomic E-state index is 0.756. The molecule has 1 saturated heterocycles. The molecule has 0 atom stereocenters. The lowest BCUT2D eigenvalue weighted by Gasteiger charge is -2.22. The number of hydrogen-bond donors (Lipinski definition) is 1. The Morgan fingerprint density at radius 3 is 2.46 bits per heavy atom. The van der Waals surface area contributed by atoms with E-state index in [1.54, 1.807) is 0 Å². The number of hydrogen-bond acceptors (Lipinski definition) is 4. The highest BCUT2D eigenvalue weighted by molar-refractivity contribution is 7.11. The smallest absolute Gasteiger partial charge is 0.0959 e. The third-order valence-corrected chi connectivity index (χ3v) is 6.44. The Balaban J connectivity index is 1.22. The van der Waals surface area contributed by atoms with E-state index in [9.17, 15) is 0 Å². The molecule has 1 saturated carbocycles. The van der Waals surface area contributed by atoms with Crippen LogP contribution in [0.3, 0.4) is 0 Å². The van der Waals surface area contributed by atoms with Gasteiger partial charge in [-0.25, -0.2) is 4.98 Å². The molecule has 1 N–H and O–H groups in total. The predicted molar refractivity (Wildman–Crippen MR) is 100 cm³/mol. The standard InChI is InChI=1S/C20H27N3S/c1-2-11-23(10-1)15-17-8-6-16(7-9-17)12-21-13-19-14-22-20(24-19)18-4-3-5-18/h6-9,14,18,21H,1-5,10-13,15H2. The predicted octanol–water partition coefficient (Wildman–Crippen LogP) is 4.30. The van der Waals surface area contributed by atoms with Crippen LogP contribution < -0.4 is 5.32 Å². The summed E-state index contributed by atoms with van der Waals surface area (Å²) in [5.41, 5.74) is 2.80. The Bertz CT molecular complexity index is 639. The van der Waals surface area contributed by atoms with Crippen LogP contribution in [0.2, 0.25) is 0 Å². The first kappa shape index (κ1) is 16.2. The lowest BCUT2D eigenvalue weighted by molar-refractivity contribution is 0.331. The second-order valence-corrected chi connectivity index (χ2v) is 8.34. The molecule has 4 heteroatoms. The highest BCUT2D eigenvalue weighted by Gasteiger charge is 2.22. The molecule has 1 aliphatic heterocycles. The summed E-state index contributed by atoms with van der Waals surface area (Å²) >= 11 is 1.89. The minimum absolute atomic E-state index is 0.756. The van der Waals surface area contributed by atoms with Crippen molar-refractivity contribution >= 4 is 11.3 Å². The molecule has 24 heavy (non-hydrogen) atoms. The Kier molecular flexibility index (Phi) is 5.26. The fourth-order valence-corrected chi connectivity index (χ4v) is 4.60. The summed E-state index contributed by atoms with van der Waals surface area (Å²) in [6.45, 7) is 5.50. The van der Waals surface area contributed by atoms with Crippen LogP contribution in [-0.2, 0) is 19.6 Å². The topological polar surface area (TPSA) is 28.2 Å². The highest BCUT2D eigenvalue weighted by atomic mass is 32.1. The molecule has 0 radical (unpaired) electrons. The van der Waals surface area contributed by atoms with Crippen molar-refractivity contribution in [3.8, 4) is 0 Å². The van der Waals surface area contributed by atoms with Gasteiger partial charge in [-0.3, -0.25) is 4.90 Å². The van der Waals surface area contributed by atoms with E-state index in [0.717, 1.165) is 25.6 Å². The molecule has 2 aromatic rings. The Labute approximate surface area is 149 Å². The van der Waals surface area contributed by atoms with Crippen molar-refractivity contribution in [1.82, 2.24) is 15.2 Å². The van der Waals surface area contributed by atoms with Gasteiger partial charge >= 0.3 is 0 Å². The molecule has 2 aliphatic rings. The van der Waals surface area contributed by atoms with Gasteiger partial charge in [0.05, 0.1) is 5.01 Å². The van der Waals surface area contributed by atoms with Gasteiger partial charge in [0.2, 0.25) is 0 Å². The van der Waals surface area contributed by atoms with Crippen LogP contribution in [0.15, 0.2) is 30.5 Å². The van der Waals surface area contributed by atoms with E-state index in [2.05, 4.69) is 45.7 Å². The zero-order chi connectivity index (χ0) is 16.2. The average Bonchev–Trinajstić information content (AvgIpc) is 3.20. The number of benzene rings is 1. The van der Waals surface area contributed by atoms with Gasteiger partial charge in [-0.2, -0.15) is 0 Å². The first-order valence-electron chi connectivity index (χ1n) is 9.32. The number of thiazole rings is 1. The highest BCUT2D eigenvalue weighted by Crippen LogP contribution is 2.38. The van der Waals surface area contributed by atoms with Crippen molar-refractivity contribution in [2.24, 2.45) is 0 Å². The molecular formula is C20H27N3S. The van der Waals surface area contributed by atoms with Gasteiger partial charge in [0.15, 0.2) is 0 Å².